The fourth-order valence-corrected chi connectivity index (χ4v) is 2.32. The molecule has 1 unspecified atom stereocenters. The van der Waals surface area contributed by atoms with Crippen LogP contribution in [0.3, 0.4) is 0 Å². The van der Waals surface area contributed by atoms with Crippen molar-refractivity contribution < 1.29 is 14.3 Å². The molecule has 1 heterocycles. The van der Waals surface area contributed by atoms with Gasteiger partial charge in [-0.3, -0.25) is 9.69 Å². The largest absolute Gasteiger partial charge is 0.495 e. The van der Waals surface area contributed by atoms with E-state index >= 15 is 0 Å². The zero-order chi connectivity index (χ0) is 14.5. The number of amides is 1. The Morgan fingerprint density at radius 1 is 1.45 bits per heavy atom. The second kappa shape index (κ2) is 6.92. The van der Waals surface area contributed by atoms with Gasteiger partial charge in [0, 0.05) is 18.1 Å². The van der Waals surface area contributed by atoms with E-state index in [9.17, 15) is 4.79 Å². The molecule has 1 saturated heterocycles. The maximum Gasteiger partial charge on any atom is 0.241 e. The summed E-state index contributed by atoms with van der Waals surface area (Å²) < 4.78 is 10.5. The standard InChI is InChI=1S/C14H19ClN2O3/c1-10(17-5-7-20-8-6-17)14(18)16-12-9-11(15)3-4-13(12)19-2/h3-4,9-10H,5-8H2,1-2H3,(H,16,18). The molecule has 0 bridgehead atoms. The Labute approximate surface area is 123 Å². The number of benzene rings is 1. The number of hydrogen-bond donors (Lipinski definition) is 1. The minimum Gasteiger partial charge on any atom is -0.495 e. The Kier molecular flexibility index (Phi) is 5.23. The number of anilines is 1. The highest BCUT2D eigenvalue weighted by Crippen LogP contribution is 2.27. The number of nitrogens with one attached hydrogen (secondary N) is 1. The van der Waals surface area contributed by atoms with Gasteiger partial charge in [-0.25, -0.2) is 0 Å². The third kappa shape index (κ3) is 3.62. The van der Waals surface area contributed by atoms with Gasteiger partial charge in [0.05, 0.1) is 32.1 Å². The molecule has 1 aliphatic heterocycles. The molecule has 6 heteroatoms. The molecule has 1 aromatic carbocycles. The van der Waals surface area contributed by atoms with Crippen molar-refractivity contribution in [1.82, 2.24) is 4.90 Å². The van der Waals surface area contributed by atoms with Crippen molar-refractivity contribution in [3.8, 4) is 5.75 Å². The van der Waals surface area contributed by atoms with Gasteiger partial charge in [-0.1, -0.05) is 11.6 Å². The first-order chi connectivity index (χ1) is 9.61. The van der Waals surface area contributed by atoms with Gasteiger partial charge in [-0.05, 0) is 25.1 Å². The van der Waals surface area contributed by atoms with Gasteiger partial charge >= 0.3 is 0 Å². The monoisotopic (exact) mass is 298 g/mol. The molecule has 0 spiro atoms. The zero-order valence-electron chi connectivity index (χ0n) is 11.7. The lowest BCUT2D eigenvalue weighted by Crippen LogP contribution is -2.47. The lowest BCUT2D eigenvalue weighted by atomic mass is 10.2. The predicted octanol–water partition coefficient (Wildman–Crippen LogP) is 2.01. The highest BCUT2D eigenvalue weighted by Gasteiger charge is 2.23. The number of halogens is 1. The minimum atomic E-state index is -0.220. The molecule has 1 N–H and O–H groups in total. The van der Waals surface area contributed by atoms with E-state index < -0.39 is 0 Å². The summed E-state index contributed by atoms with van der Waals surface area (Å²) in [5.74, 6) is 0.518. The first-order valence-electron chi connectivity index (χ1n) is 6.58. The van der Waals surface area contributed by atoms with Crippen molar-refractivity contribution in [2.45, 2.75) is 13.0 Å². The third-order valence-corrected chi connectivity index (χ3v) is 3.63. The van der Waals surface area contributed by atoms with Gasteiger partial charge in [0.1, 0.15) is 5.75 Å². The van der Waals surface area contributed by atoms with E-state index in [0.29, 0.717) is 29.7 Å². The molecular weight excluding hydrogens is 280 g/mol. The summed E-state index contributed by atoms with van der Waals surface area (Å²) in [4.78, 5) is 14.4. The van der Waals surface area contributed by atoms with Crippen LogP contribution in [0, 0.1) is 0 Å². The van der Waals surface area contributed by atoms with E-state index in [2.05, 4.69) is 10.2 Å². The number of nitrogens with zero attached hydrogens (tertiary/aromatic N) is 1. The van der Waals surface area contributed by atoms with Gasteiger partial charge < -0.3 is 14.8 Å². The predicted molar refractivity (Wildman–Crippen MR) is 78.5 cm³/mol. The van der Waals surface area contributed by atoms with Crippen LogP contribution in [0.25, 0.3) is 0 Å². The van der Waals surface area contributed by atoms with Crippen molar-refractivity contribution >= 4 is 23.2 Å². The number of morpholine rings is 1. The van der Waals surface area contributed by atoms with Crippen molar-refractivity contribution in [1.29, 1.82) is 0 Å². The lowest BCUT2D eigenvalue weighted by Gasteiger charge is -2.31. The second-order valence-electron chi connectivity index (χ2n) is 4.66. The molecule has 1 aliphatic rings. The number of rotatable bonds is 4. The van der Waals surface area contributed by atoms with Crippen LogP contribution in [0.4, 0.5) is 5.69 Å². The molecule has 5 nitrogen and oxygen atoms in total. The molecule has 1 amide bonds. The van der Waals surface area contributed by atoms with Crippen molar-refractivity contribution in [2.75, 3.05) is 38.7 Å². The fourth-order valence-electron chi connectivity index (χ4n) is 2.15. The Morgan fingerprint density at radius 2 is 2.15 bits per heavy atom. The Hall–Kier alpha value is -1.30. The minimum absolute atomic E-state index is 0.0764. The summed E-state index contributed by atoms with van der Waals surface area (Å²) in [6.07, 6.45) is 0. The van der Waals surface area contributed by atoms with Crippen LogP contribution in [0.5, 0.6) is 5.75 Å². The third-order valence-electron chi connectivity index (χ3n) is 3.39. The summed E-state index contributed by atoms with van der Waals surface area (Å²) in [7, 11) is 1.56. The lowest BCUT2D eigenvalue weighted by molar-refractivity contribution is -0.122. The van der Waals surface area contributed by atoms with Crippen molar-refractivity contribution in [3.05, 3.63) is 23.2 Å². The number of carbonyl (C=O) groups excluding carboxylic acids is 1. The molecule has 1 atom stereocenters. The average Bonchev–Trinajstić information content (AvgIpc) is 2.47. The molecule has 1 aromatic rings. The van der Waals surface area contributed by atoms with Crippen LogP contribution in [0.15, 0.2) is 18.2 Å². The van der Waals surface area contributed by atoms with Crippen molar-refractivity contribution in [2.24, 2.45) is 0 Å². The first kappa shape index (κ1) is 15.1. The van der Waals surface area contributed by atoms with Gasteiger partial charge in [-0.15, -0.1) is 0 Å². The van der Waals surface area contributed by atoms with Crippen LogP contribution in [0.2, 0.25) is 5.02 Å². The van der Waals surface area contributed by atoms with Crippen LogP contribution >= 0.6 is 11.6 Å². The molecule has 0 radical (unpaired) electrons. The van der Waals surface area contributed by atoms with E-state index in [1.54, 1.807) is 25.3 Å². The quantitative estimate of drug-likeness (QED) is 0.924. The molecule has 0 aromatic heterocycles. The first-order valence-corrected chi connectivity index (χ1v) is 6.96. The van der Waals surface area contributed by atoms with E-state index in [1.807, 2.05) is 6.92 Å². The van der Waals surface area contributed by atoms with E-state index in [-0.39, 0.29) is 11.9 Å². The summed E-state index contributed by atoms with van der Waals surface area (Å²) in [6.45, 7) is 4.75. The highest BCUT2D eigenvalue weighted by atomic mass is 35.5. The van der Waals surface area contributed by atoms with E-state index in [0.717, 1.165) is 13.1 Å². The normalized spacial score (nSPS) is 17.6. The average molecular weight is 299 g/mol. The van der Waals surface area contributed by atoms with Gasteiger partial charge in [0.15, 0.2) is 0 Å². The molecule has 0 aliphatic carbocycles. The number of ether oxygens (including phenoxy) is 2. The smallest absolute Gasteiger partial charge is 0.241 e. The molecule has 0 saturated carbocycles. The van der Waals surface area contributed by atoms with E-state index in [1.165, 1.54) is 0 Å². The molecule has 2 rings (SSSR count). The molecule has 110 valence electrons. The summed E-state index contributed by atoms with van der Waals surface area (Å²) in [6, 6.07) is 4.92. The number of hydrogen-bond acceptors (Lipinski definition) is 4. The van der Waals surface area contributed by atoms with Crippen LogP contribution < -0.4 is 10.1 Å². The van der Waals surface area contributed by atoms with Gasteiger partial charge in [0.2, 0.25) is 5.91 Å². The summed E-state index contributed by atoms with van der Waals surface area (Å²) >= 11 is 5.95. The number of carbonyl (C=O) groups is 1. The second-order valence-corrected chi connectivity index (χ2v) is 5.09. The van der Waals surface area contributed by atoms with Crippen molar-refractivity contribution in [3.63, 3.8) is 0 Å². The number of methoxy groups -OCH3 is 1. The topological polar surface area (TPSA) is 50.8 Å². The Morgan fingerprint density at radius 3 is 2.80 bits per heavy atom. The van der Waals surface area contributed by atoms with Crippen LogP contribution in [-0.2, 0) is 9.53 Å². The van der Waals surface area contributed by atoms with Crippen LogP contribution in [0.1, 0.15) is 6.92 Å². The molecule has 20 heavy (non-hydrogen) atoms. The summed E-state index contributed by atoms with van der Waals surface area (Å²) in [5.41, 5.74) is 0.588. The van der Waals surface area contributed by atoms with Gasteiger partial charge in [-0.2, -0.15) is 0 Å². The van der Waals surface area contributed by atoms with Gasteiger partial charge in [0.25, 0.3) is 0 Å². The fraction of sp³-hybridized carbons (Fsp3) is 0.500. The Balaban J connectivity index is 2.05. The maximum absolute atomic E-state index is 12.3. The van der Waals surface area contributed by atoms with Crippen LogP contribution in [-0.4, -0.2) is 50.3 Å². The molecule has 1 fully saturated rings. The molecular formula is C14H19ClN2O3. The SMILES string of the molecule is COc1ccc(Cl)cc1NC(=O)C(C)N1CCOCC1. The maximum atomic E-state index is 12.3. The van der Waals surface area contributed by atoms with E-state index in [4.69, 9.17) is 21.1 Å². The highest BCUT2D eigenvalue weighted by molar-refractivity contribution is 6.31. The Bertz CT molecular complexity index is 475. The zero-order valence-corrected chi connectivity index (χ0v) is 12.4. The summed E-state index contributed by atoms with van der Waals surface area (Å²) in [5, 5.41) is 3.42.